The van der Waals surface area contributed by atoms with Crippen LogP contribution in [0.5, 0.6) is 5.75 Å². The quantitative estimate of drug-likeness (QED) is 0.770. The maximum absolute atomic E-state index is 13.4. The predicted molar refractivity (Wildman–Crippen MR) is 96.8 cm³/mol. The van der Waals surface area contributed by atoms with Crippen molar-refractivity contribution in [3.8, 4) is 5.75 Å². The number of ether oxygens (including phenoxy) is 1. The van der Waals surface area contributed by atoms with Gasteiger partial charge in [0.05, 0.1) is 6.54 Å². The molecule has 1 aliphatic heterocycles. The van der Waals surface area contributed by atoms with E-state index in [0.717, 1.165) is 30.9 Å². The van der Waals surface area contributed by atoms with E-state index >= 15 is 0 Å². The summed E-state index contributed by atoms with van der Waals surface area (Å²) in [6.07, 6.45) is 2.43. The van der Waals surface area contributed by atoms with Gasteiger partial charge in [0.25, 0.3) is 0 Å². The molecule has 1 saturated heterocycles. The van der Waals surface area contributed by atoms with Crippen LogP contribution in [-0.4, -0.2) is 32.3 Å². The van der Waals surface area contributed by atoms with Crippen LogP contribution in [0.15, 0.2) is 42.5 Å². The van der Waals surface area contributed by atoms with Crippen LogP contribution in [-0.2, 0) is 0 Å². The maximum Gasteiger partial charge on any atom is 0.319 e. The third-order valence-electron chi connectivity index (χ3n) is 4.14. The van der Waals surface area contributed by atoms with Gasteiger partial charge in [-0.15, -0.1) is 0 Å². The van der Waals surface area contributed by atoms with Gasteiger partial charge in [-0.1, -0.05) is 0 Å². The Balaban J connectivity index is 1.39. The molecule has 1 aliphatic rings. The second kappa shape index (κ2) is 8.51. The molecule has 2 amide bonds. The number of hydrogen-bond donors (Lipinski definition) is 2. The van der Waals surface area contributed by atoms with Gasteiger partial charge in [0.1, 0.15) is 12.4 Å². The van der Waals surface area contributed by atoms with Gasteiger partial charge in [-0.2, -0.15) is 0 Å². The summed E-state index contributed by atoms with van der Waals surface area (Å²) < 4.78 is 31.4. The van der Waals surface area contributed by atoms with Crippen LogP contribution < -0.4 is 20.3 Å². The van der Waals surface area contributed by atoms with E-state index in [1.54, 1.807) is 0 Å². The summed E-state index contributed by atoms with van der Waals surface area (Å²) in [5.41, 5.74) is 1.85. The molecular formula is C19H21F2N3O2. The number of nitrogens with one attached hydrogen (secondary N) is 2. The van der Waals surface area contributed by atoms with Crippen LogP contribution in [0.1, 0.15) is 12.8 Å². The molecule has 2 aromatic carbocycles. The van der Waals surface area contributed by atoms with E-state index in [2.05, 4.69) is 15.5 Å². The van der Waals surface area contributed by atoms with Crippen LogP contribution in [0.3, 0.4) is 0 Å². The van der Waals surface area contributed by atoms with E-state index < -0.39 is 11.6 Å². The third kappa shape index (κ3) is 4.84. The predicted octanol–water partition coefficient (Wildman–Crippen LogP) is 3.77. The van der Waals surface area contributed by atoms with Gasteiger partial charge >= 0.3 is 6.03 Å². The number of amides is 2. The van der Waals surface area contributed by atoms with E-state index in [1.807, 2.05) is 24.3 Å². The van der Waals surface area contributed by atoms with Gasteiger partial charge in [0, 0.05) is 30.5 Å². The molecule has 26 heavy (non-hydrogen) atoms. The van der Waals surface area contributed by atoms with Gasteiger partial charge in [-0.3, -0.25) is 0 Å². The lowest BCUT2D eigenvalue weighted by atomic mass is 10.2. The zero-order valence-corrected chi connectivity index (χ0v) is 14.3. The molecule has 0 atom stereocenters. The van der Waals surface area contributed by atoms with E-state index in [-0.39, 0.29) is 24.9 Å². The molecule has 0 saturated carbocycles. The lowest BCUT2D eigenvalue weighted by molar-refractivity contribution is 0.246. The smallest absolute Gasteiger partial charge is 0.319 e. The van der Waals surface area contributed by atoms with E-state index in [4.69, 9.17) is 4.74 Å². The number of rotatable bonds is 6. The average molecular weight is 361 g/mol. The molecule has 1 fully saturated rings. The highest BCUT2D eigenvalue weighted by Crippen LogP contribution is 2.22. The number of benzene rings is 2. The van der Waals surface area contributed by atoms with Crippen LogP contribution in [0.25, 0.3) is 0 Å². The Morgan fingerprint density at radius 2 is 1.81 bits per heavy atom. The molecule has 3 rings (SSSR count). The number of anilines is 2. The Kier molecular flexibility index (Phi) is 5.88. The monoisotopic (exact) mass is 361 g/mol. The van der Waals surface area contributed by atoms with Crippen molar-refractivity contribution in [1.82, 2.24) is 5.32 Å². The number of urea groups is 1. The lowest BCUT2D eigenvalue weighted by Gasteiger charge is -2.17. The van der Waals surface area contributed by atoms with Crippen molar-refractivity contribution in [2.75, 3.05) is 36.5 Å². The third-order valence-corrected chi connectivity index (χ3v) is 4.14. The zero-order valence-electron chi connectivity index (χ0n) is 14.3. The molecule has 5 nitrogen and oxygen atoms in total. The molecule has 1 heterocycles. The van der Waals surface area contributed by atoms with E-state index in [9.17, 15) is 13.6 Å². The topological polar surface area (TPSA) is 53.6 Å². The second-order valence-corrected chi connectivity index (χ2v) is 6.05. The number of carbonyl (C=O) groups excluding carboxylic acids is 1. The summed E-state index contributed by atoms with van der Waals surface area (Å²) in [4.78, 5) is 14.2. The summed E-state index contributed by atoms with van der Waals surface area (Å²) in [6.45, 7) is 2.40. The van der Waals surface area contributed by atoms with Crippen molar-refractivity contribution in [2.24, 2.45) is 0 Å². The first kappa shape index (κ1) is 18.0. The van der Waals surface area contributed by atoms with Crippen molar-refractivity contribution < 1.29 is 18.3 Å². The Morgan fingerprint density at radius 1 is 1.08 bits per heavy atom. The molecule has 2 N–H and O–H groups in total. The number of halogens is 2. The summed E-state index contributed by atoms with van der Waals surface area (Å²) in [5.74, 6) is -1.48. The molecule has 0 bridgehead atoms. The van der Waals surface area contributed by atoms with Crippen LogP contribution in [0, 0.1) is 11.6 Å². The maximum atomic E-state index is 13.4. The van der Waals surface area contributed by atoms with Gasteiger partial charge in [-0.25, -0.2) is 13.6 Å². The minimum Gasteiger partial charge on any atom is -0.489 e. The summed E-state index contributed by atoms with van der Waals surface area (Å²) >= 11 is 0. The highest BCUT2D eigenvalue weighted by atomic mass is 19.1. The fourth-order valence-electron chi connectivity index (χ4n) is 2.82. The van der Waals surface area contributed by atoms with Gasteiger partial charge < -0.3 is 20.3 Å². The SMILES string of the molecule is O=C(NCCOc1ccc(F)cc1F)Nc1ccc(N2CCCC2)cc1. The lowest BCUT2D eigenvalue weighted by Crippen LogP contribution is -2.32. The first-order valence-corrected chi connectivity index (χ1v) is 8.59. The first-order valence-electron chi connectivity index (χ1n) is 8.59. The Bertz CT molecular complexity index is 747. The highest BCUT2D eigenvalue weighted by molar-refractivity contribution is 5.89. The molecule has 0 radical (unpaired) electrons. The Hall–Kier alpha value is -2.83. The normalized spacial score (nSPS) is 13.5. The van der Waals surface area contributed by atoms with Crippen molar-refractivity contribution in [3.05, 3.63) is 54.1 Å². The van der Waals surface area contributed by atoms with Crippen LogP contribution >= 0.6 is 0 Å². The largest absolute Gasteiger partial charge is 0.489 e. The minimum atomic E-state index is -0.771. The molecule has 0 spiro atoms. The summed E-state index contributed by atoms with van der Waals surface area (Å²) in [5, 5.41) is 5.35. The summed E-state index contributed by atoms with van der Waals surface area (Å²) in [6, 6.07) is 10.4. The number of carbonyl (C=O) groups is 1. The molecule has 2 aromatic rings. The summed E-state index contributed by atoms with van der Waals surface area (Å²) in [7, 11) is 0. The molecule has 0 unspecified atom stereocenters. The number of nitrogens with zero attached hydrogens (tertiary/aromatic N) is 1. The van der Waals surface area contributed by atoms with Gasteiger partial charge in [0.15, 0.2) is 11.6 Å². The molecule has 0 aromatic heterocycles. The molecular weight excluding hydrogens is 340 g/mol. The van der Waals surface area contributed by atoms with Crippen molar-refractivity contribution in [2.45, 2.75) is 12.8 Å². The highest BCUT2D eigenvalue weighted by Gasteiger charge is 2.12. The molecule has 138 valence electrons. The average Bonchev–Trinajstić information content (AvgIpc) is 3.15. The fraction of sp³-hybridized carbons (Fsp3) is 0.316. The molecule has 7 heteroatoms. The first-order chi connectivity index (χ1) is 12.6. The van der Waals surface area contributed by atoms with Crippen LogP contribution in [0.2, 0.25) is 0 Å². The minimum absolute atomic E-state index is 0.0499. The number of hydrogen-bond acceptors (Lipinski definition) is 3. The Morgan fingerprint density at radius 3 is 2.50 bits per heavy atom. The van der Waals surface area contributed by atoms with E-state index in [1.165, 1.54) is 18.9 Å². The van der Waals surface area contributed by atoms with Gasteiger partial charge in [-0.05, 0) is 49.2 Å². The second-order valence-electron chi connectivity index (χ2n) is 6.05. The van der Waals surface area contributed by atoms with Crippen LogP contribution in [0.4, 0.5) is 25.0 Å². The molecule has 0 aliphatic carbocycles. The van der Waals surface area contributed by atoms with Crippen molar-refractivity contribution >= 4 is 17.4 Å². The van der Waals surface area contributed by atoms with Crippen molar-refractivity contribution in [3.63, 3.8) is 0 Å². The van der Waals surface area contributed by atoms with E-state index in [0.29, 0.717) is 5.69 Å². The Labute approximate surface area is 151 Å². The fourth-order valence-corrected chi connectivity index (χ4v) is 2.82. The standard InChI is InChI=1S/C19H21F2N3O2/c20-14-3-8-18(17(21)13-14)26-12-9-22-19(25)23-15-4-6-16(7-5-15)24-10-1-2-11-24/h3-8,13H,1-2,9-12H2,(H2,22,23,25). The van der Waals surface area contributed by atoms with Crippen molar-refractivity contribution in [1.29, 1.82) is 0 Å². The zero-order chi connectivity index (χ0) is 18.4. The van der Waals surface area contributed by atoms with Gasteiger partial charge in [0.2, 0.25) is 0 Å².